The molecule has 1 aromatic carbocycles. The van der Waals surface area contributed by atoms with Crippen molar-refractivity contribution in [2.75, 3.05) is 6.54 Å². The van der Waals surface area contributed by atoms with E-state index in [9.17, 15) is 0 Å². The second-order valence-electron chi connectivity index (χ2n) is 4.76. The first kappa shape index (κ1) is 14.0. The maximum absolute atomic E-state index is 5.61. The van der Waals surface area contributed by atoms with Crippen LogP contribution < -0.4 is 15.8 Å². The van der Waals surface area contributed by atoms with E-state index in [-0.39, 0.29) is 6.10 Å². The van der Waals surface area contributed by atoms with Crippen molar-refractivity contribution in [3.05, 3.63) is 29.8 Å². The molecule has 0 aliphatic carbocycles. The second kappa shape index (κ2) is 6.62. The van der Waals surface area contributed by atoms with Crippen molar-refractivity contribution in [3.63, 3.8) is 0 Å². The van der Waals surface area contributed by atoms with E-state index in [1.54, 1.807) is 0 Å². The Bertz CT molecular complexity index is 321. The average molecular weight is 236 g/mol. The van der Waals surface area contributed by atoms with Gasteiger partial charge in [0.15, 0.2) is 0 Å². The van der Waals surface area contributed by atoms with Crippen LogP contribution in [0.3, 0.4) is 0 Å². The van der Waals surface area contributed by atoms with Gasteiger partial charge in [0, 0.05) is 18.6 Å². The molecule has 0 aromatic heterocycles. The van der Waals surface area contributed by atoms with E-state index >= 15 is 0 Å². The van der Waals surface area contributed by atoms with Crippen molar-refractivity contribution in [3.8, 4) is 5.75 Å². The topological polar surface area (TPSA) is 47.3 Å². The molecule has 0 aliphatic rings. The fraction of sp³-hybridized carbons (Fsp3) is 0.571. The Balaban J connectivity index is 2.60. The standard InChI is InChI=1S/C14H24N2O/c1-10(2)17-14-7-5-13(6-8-14)12(4)16-11(3)9-15/h5-8,10-12,16H,9,15H2,1-4H3. The van der Waals surface area contributed by atoms with Crippen LogP contribution in [0.4, 0.5) is 0 Å². The third-order valence-corrected chi connectivity index (χ3v) is 2.64. The highest BCUT2D eigenvalue weighted by Gasteiger charge is 2.08. The highest BCUT2D eigenvalue weighted by Crippen LogP contribution is 2.18. The first-order valence-electron chi connectivity index (χ1n) is 6.25. The summed E-state index contributed by atoms with van der Waals surface area (Å²) in [6.07, 6.45) is 0.216. The van der Waals surface area contributed by atoms with Crippen LogP contribution in [0.25, 0.3) is 0 Å². The van der Waals surface area contributed by atoms with Crippen LogP contribution in [-0.4, -0.2) is 18.7 Å². The molecule has 0 amide bonds. The molecule has 0 fully saturated rings. The van der Waals surface area contributed by atoms with E-state index in [1.807, 2.05) is 26.0 Å². The first-order chi connectivity index (χ1) is 8.02. The van der Waals surface area contributed by atoms with Gasteiger partial charge in [0.1, 0.15) is 5.75 Å². The van der Waals surface area contributed by atoms with Crippen molar-refractivity contribution in [1.82, 2.24) is 5.32 Å². The summed E-state index contributed by atoms with van der Waals surface area (Å²) < 4.78 is 5.61. The Kier molecular flexibility index (Phi) is 5.45. The summed E-state index contributed by atoms with van der Waals surface area (Å²) >= 11 is 0. The quantitative estimate of drug-likeness (QED) is 0.797. The van der Waals surface area contributed by atoms with Crippen molar-refractivity contribution in [2.24, 2.45) is 5.73 Å². The van der Waals surface area contributed by atoms with Gasteiger partial charge in [0.25, 0.3) is 0 Å². The van der Waals surface area contributed by atoms with Crippen molar-refractivity contribution >= 4 is 0 Å². The third-order valence-electron chi connectivity index (χ3n) is 2.64. The maximum atomic E-state index is 5.61. The van der Waals surface area contributed by atoms with E-state index < -0.39 is 0 Å². The van der Waals surface area contributed by atoms with Crippen molar-refractivity contribution < 1.29 is 4.74 Å². The SMILES string of the molecule is CC(CN)NC(C)c1ccc(OC(C)C)cc1. The monoisotopic (exact) mass is 236 g/mol. The van der Waals surface area contributed by atoms with Gasteiger partial charge in [-0.2, -0.15) is 0 Å². The molecular formula is C14H24N2O. The fourth-order valence-electron chi connectivity index (χ4n) is 1.70. The highest BCUT2D eigenvalue weighted by atomic mass is 16.5. The molecule has 3 nitrogen and oxygen atoms in total. The average Bonchev–Trinajstić information content (AvgIpc) is 2.28. The smallest absolute Gasteiger partial charge is 0.119 e. The van der Waals surface area contributed by atoms with Crippen LogP contribution in [0.5, 0.6) is 5.75 Å². The number of rotatable bonds is 6. The Labute approximate surface area is 104 Å². The van der Waals surface area contributed by atoms with Gasteiger partial charge in [0.2, 0.25) is 0 Å². The molecule has 0 saturated heterocycles. The van der Waals surface area contributed by atoms with Gasteiger partial charge in [-0.3, -0.25) is 0 Å². The number of benzene rings is 1. The van der Waals surface area contributed by atoms with Gasteiger partial charge < -0.3 is 15.8 Å². The predicted molar refractivity (Wildman–Crippen MR) is 72.3 cm³/mol. The molecule has 0 aliphatic heterocycles. The summed E-state index contributed by atoms with van der Waals surface area (Å²) in [5.74, 6) is 0.919. The lowest BCUT2D eigenvalue weighted by Gasteiger charge is -2.19. The van der Waals surface area contributed by atoms with Gasteiger partial charge >= 0.3 is 0 Å². The minimum absolute atomic E-state index is 0.216. The molecule has 3 N–H and O–H groups in total. The van der Waals surface area contributed by atoms with E-state index in [0.717, 1.165) is 5.75 Å². The number of ether oxygens (including phenoxy) is 1. The zero-order chi connectivity index (χ0) is 12.8. The molecule has 0 spiro atoms. The molecule has 1 rings (SSSR count). The Hall–Kier alpha value is -1.06. The Morgan fingerprint density at radius 2 is 1.71 bits per heavy atom. The zero-order valence-corrected chi connectivity index (χ0v) is 11.2. The number of nitrogens with two attached hydrogens (primary N) is 1. The fourth-order valence-corrected chi connectivity index (χ4v) is 1.70. The summed E-state index contributed by atoms with van der Waals surface area (Å²) in [5, 5.41) is 3.44. The lowest BCUT2D eigenvalue weighted by Crippen LogP contribution is -2.34. The minimum atomic E-state index is 0.216. The molecule has 2 unspecified atom stereocenters. The Morgan fingerprint density at radius 1 is 1.12 bits per heavy atom. The lowest BCUT2D eigenvalue weighted by atomic mass is 10.1. The van der Waals surface area contributed by atoms with Crippen LogP contribution >= 0.6 is 0 Å². The molecule has 17 heavy (non-hydrogen) atoms. The molecule has 2 atom stereocenters. The maximum Gasteiger partial charge on any atom is 0.119 e. The van der Waals surface area contributed by atoms with E-state index in [4.69, 9.17) is 10.5 Å². The first-order valence-corrected chi connectivity index (χ1v) is 6.25. The normalized spacial score (nSPS) is 14.7. The Morgan fingerprint density at radius 3 is 2.18 bits per heavy atom. The van der Waals surface area contributed by atoms with Gasteiger partial charge in [-0.15, -0.1) is 0 Å². The number of hydrogen-bond acceptors (Lipinski definition) is 3. The molecule has 0 saturated carbocycles. The van der Waals surface area contributed by atoms with Crippen LogP contribution in [0.1, 0.15) is 39.3 Å². The minimum Gasteiger partial charge on any atom is -0.491 e. The molecule has 0 radical (unpaired) electrons. The zero-order valence-electron chi connectivity index (χ0n) is 11.2. The van der Waals surface area contributed by atoms with Crippen LogP contribution in [0, 0.1) is 0 Å². The molecule has 96 valence electrons. The predicted octanol–water partition coefficient (Wildman–Crippen LogP) is 2.47. The summed E-state index contributed by atoms with van der Waals surface area (Å²) in [7, 11) is 0. The van der Waals surface area contributed by atoms with Crippen LogP contribution in [0.2, 0.25) is 0 Å². The van der Waals surface area contributed by atoms with Gasteiger partial charge in [0.05, 0.1) is 6.10 Å². The van der Waals surface area contributed by atoms with Crippen LogP contribution in [0.15, 0.2) is 24.3 Å². The third kappa shape index (κ3) is 4.75. The van der Waals surface area contributed by atoms with E-state index in [2.05, 4.69) is 31.3 Å². The number of hydrogen-bond donors (Lipinski definition) is 2. The number of nitrogens with one attached hydrogen (secondary N) is 1. The summed E-state index contributed by atoms with van der Waals surface area (Å²) in [6.45, 7) is 8.94. The van der Waals surface area contributed by atoms with Gasteiger partial charge in [-0.1, -0.05) is 12.1 Å². The van der Waals surface area contributed by atoms with Crippen LogP contribution in [-0.2, 0) is 0 Å². The second-order valence-corrected chi connectivity index (χ2v) is 4.76. The van der Waals surface area contributed by atoms with E-state index in [0.29, 0.717) is 18.6 Å². The lowest BCUT2D eigenvalue weighted by molar-refractivity contribution is 0.242. The van der Waals surface area contributed by atoms with E-state index in [1.165, 1.54) is 5.56 Å². The molecule has 1 aromatic rings. The summed E-state index contributed by atoms with van der Waals surface area (Å²) in [6, 6.07) is 8.86. The molecule has 0 heterocycles. The summed E-state index contributed by atoms with van der Waals surface area (Å²) in [4.78, 5) is 0. The molecule has 0 bridgehead atoms. The van der Waals surface area contributed by atoms with Crippen molar-refractivity contribution in [2.45, 2.75) is 45.9 Å². The molecular weight excluding hydrogens is 212 g/mol. The highest BCUT2D eigenvalue weighted by molar-refractivity contribution is 5.29. The van der Waals surface area contributed by atoms with Gasteiger partial charge in [-0.25, -0.2) is 0 Å². The van der Waals surface area contributed by atoms with Crippen molar-refractivity contribution in [1.29, 1.82) is 0 Å². The largest absolute Gasteiger partial charge is 0.491 e. The van der Waals surface area contributed by atoms with Gasteiger partial charge in [-0.05, 0) is 45.4 Å². The molecule has 3 heteroatoms. The summed E-state index contributed by atoms with van der Waals surface area (Å²) in [5.41, 5.74) is 6.85.